The van der Waals surface area contributed by atoms with Crippen LogP contribution < -0.4 is 10.6 Å². The number of hydrogen-bond acceptors (Lipinski definition) is 3. The molecule has 21 heavy (non-hydrogen) atoms. The van der Waals surface area contributed by atoms with E-state index in [0.29, 0.717) is 11.2 Å². The van der Waals surface area contributed by atoms with Gasteiger partial charge in [0.2, 0.25) is 5.91 Å². The highest BCUT2D eigenvalue weighted by Crippen LogP contribution is 2.38. The van der Waals surface area contributed by atoms with Crippen molar-refractivity contribution in [1.82, 2.24) is 5.32 Å². The fourth-order valence-electron chi connectivity index (χ4n) is 3.25. The van der Waals surface area contributed by atoms with Crippen LogP contribution in [0.5, 0.6) is 0 Å². The summed E-state index contributed by atoms with van der Waals surface area (Å²) in [5, 5.41) is 7.15. The van der Waals surface area contributed by atoms with Crippen LogP contribution in [-0.2, 0) is 4.79 Å². The van der Waals surface area contributed by atoms with Gasteiger partial charge in [0.25, 0.3) is 0 Å². The second-order valence-corrected chi connectivity index (χ2v) is 7.55. The van der Waals surface area contributed by atoms with Gasteiger partial charge in [-0.05, 0) is 43.9 Å². The highest BCUT2D eigenvalue weighted by Gasteiger charge is 2.29. The molecule has 2 aliphatic rings. The van der Waals surface area contributed by atoms with Crippen molar-refractivity contribution in [3.05, 3.63) is 24.3 Å². The van der Waals surface area contributed by atoms with Crippen LogP contribution in [-0.4, -0.2) is 23.7 Å². The third-order valence-corrected chi connectivity index (χ3v) is 5.97. The molecule has 0 spiro atoms. The molecule has 1 aliphatic heterocycles. The monoisotopic (exact) mass is 304 g/mol. The maximum atomic E-state index is 12.4. The van der Waals surface area contributed by atoms with Gasteiger partial charge in [0.15, 0.2) is 0 Å². The molecule has 1 heterocycles. The molecule has 1 saturated heterocycles. The number of rotatable bonds is 4. The molecule has 1 aromatic carbocycles. The van der Waals surface area contributed by atoms with E-state index in [2.05, 4.69) is 29.7 Å². The molecule has 1 saturated carbocycles. The smallest absolute Gasteiger partial charge is 0.241 e. The Hall–Kier alpha value is -1.00. The number of benzene rings is 1. The fraction of sp³-hybridized carbons (Fsp3) is 0.588. The first-order valence-electron chi connectivity index (χ1n) is 8.04. The Balaban J connectivity index is 1.68. The molecule has 4 heteroatoms. The Morgan fingerprint density at radius 1 is 1.24 bits per heavy atom. The minimum Gasteiger partial charge on any atom is -0.324 e. The van der Waals surface area contributed by atoms with E-state index in [-0.39, 0.29) is 11.9 Å². The first kappa shape index (κ1) is 14.9. The van der Waals surface area contributed by atoms with E-state index in [1.54, 1.807) is 0 Å². The fourth-order valence-corrected chi connectivity index (χ4v) is 4.59. The Labute approximate surface area is 131 Å². The van der Waals surface area contributed by atoms with Crippen LogP contribution in [0.15, 0.2) is 29.2 Å². The molecule has 1 amide bonds. The number of carbonyl (C=O) groups is 1. The van der Waals surface area contributed by atoms with Crippen LogP contribution in [0.3, 0.4) is 0 Å². The molecule has 0 bridgehead atoms. The van der Waals surface area contributed by atoms with Gasteiger partial charge in [0.05, 0.1) is 11.7 Å². The molecular formula is C17H24N2OS. The minimum atomic E-state index is -0.0467. The molecule has 0 radical (unpaired) electrons. The van der Waals surface area contributed by atoms with Crippen molar-refractivity contribution in [1.29, 1.82) is 0 Å². The highest BCUT2D eigenvalue weighted by atomic mass is 32.2. The topological polar surface area (TPSA) is 41.1 Å². The van der Waals surface area contributed by atoms with Crippen LogP contribution >= 0.6 is 11.8 Å². The Kier molecular flexibility index (Phi) is 4.86. The van der Waals surface area contributed by atoms with Crippen molar-refractivity contribution in [2.45, 2.75) is 55.2 Å². The third-order valence-electron chi connectivity index (χ3n) is 4.56. The minimum absolute atomic E-state index is 0.0467. The SMILES string of the molecule is CC1CCNC1C(=O)Nc1ccccc1SC1CCCC1. The van der Waals surface area contributed by atoms with E-state index in [1.807, 2.05) is 23.9 Å². The standard InChI is InChI=1S/C17H24N2OS/c1-12-10-11-18-16(12)17(20)19-14-8-4-5-9-15(14)21-13-6-2-3-7-13/h4-5,8-9,12-13,16,18H,2-3,6-7,10-11H2,1H3,(H,19,20). The van der Waals surface area contributed by atoms with E-state index < -0.39 is 0 Å². The first-order valence-corrected chi connectivity index (χ1v) is 8.92. The van der Waals surface area contributed by atoms with Crippen molar-refractivity contribution in [3.63, 3.8) is 0 Å². The quantitative estimate of drug-likeness (QED) is 0.892. The zero-order valence-corrected chi connectivity index (χ0v) is 13.4. The predicted octanol–water partition coefficient (Wildman–Crippen LogP) is 3.66. The molecule has 2 unspecified atom stereocenters. The molecule has 0 aromatic heterocycles. The summed E-state index contributed by atoms with van der Waals surface area (Å²) >= 11 is 1.93. The average molecular weight is 304 g/mol. The second kappa shape index (κ2) is 6.84. The van der Waals surface area contributed by atoms with Gasteiger partial charge < -0.3 is 10.6 Å². The summed E-state index contributed by atoms with van der Waals surface area (Å²) in [6.45, 7) is 3.08. The molecule has 3 rings (SSSR count). The third kappa shape index (κ3) is 3.61. The summed E-state index contributed by atoms with van der Waals surface area (Å²) in [6.07, 6.45) is 6.37. The van der Waals surface area contributed by atoms with E-state index in [1.165, 1.54) is 30.6 Å². The lowest BCUT2D eigenvalue weighted by Crippen LogP contribution is -2.39. The second-order valence-electron chi connectivity index (χ2n) is 6.21. The van der Waals surface area contributed by atoms with E-state index in [9.17, 15) is 4.79 Å². The van der Waals surface area contributed by atoms with Gasteiger partial charge in [0.1, 0.15) is 0 Å². The molecule has 1 aliphatic carbocycles. The van der Waals surface area contributed by atoms with E-state index in [4.69, 9.17) is 0 Å². The van der Waals surface area contributed by atoms with Crippen LogP contribution in [0.4, 0.5) is 5.69 Å². The molecule has 2 atom stereocenters. The first-order chi connectivity index (χ1) is 10.2. The lowest BCUT2D eigenvalue weighted by Gasteiger charge is -2.18. The lowest BCUT2D eigenvalue weighted by molar-refractivity contribution is -0.118. The number of amides is 1. The molecular weight excluding hydrogens is 280 g/mol. The van der Waals surface area contributed by atoms with Gasteiger partial charge in [-0.1, -0.05) is 31.9 Å². The van der Waals surface area contributed by atoms with Crippen LogP contribution in [0.2, 0.25) is 0 Å². The number of carbonyl (C=O) groups excluding carboxylic acids is 1. The van der Waals surface area contributed by atoms with Gasteiger partial charge in [-0.15, -0.1) is 11.8 Å². The van der Waals surface area contributed by atoms with Crippen LogP contribution in [0.1, 0.15) is 39.0 Å². The van der Waals surface area contributed by atoms with Crippen LogP contribution in [0.25, 0.3) is 0 Å². The highest BCUT2D eigenvalue weighted by molar-refractivity contribution is 8.00. The Bertz CT molecular complexity index is 499. The number of para-hydroxylation sites is 1. The lowest BCUT2D eigenvalue weighted by atomic mass is 10.0. The van der Waals surface area contributed by atoms with Gasteiger partial charge in [-0.3, -0.25) is 4.79 Å². The van der Waals surface area contributed by atoms with Gasteiger partial charge in [0, 0.05) is 10.1 Å². The molecule has 1 aromatic rings. The summed E-state index contributed by atoms with van der Waals surface area (Å²) < 4.78 is 0. The summed E-state index contributed by atoms with van der Waals surface area (Å²) in [4.78, 5) is 13.6. The van der Waals surface area contributed by atoms with Gasteiger partial charge in [-0.25, -0.2) is 0 Å². The maximum absolute atomic E-state index is 12.4. The number of anilines is 1. The van der Waals surface area contributed by atoms with Crippen LogP contribution in [0, 0.1) is 5.92 Å². The van der Waals surface area contributed by atoms with Crippen molar-refractivity contribution < 1.29 is 4.79 Å². The zero-order chi connectivity index (χ0) is 14.7. The molecule has 3 nitrogen and oxygen atoms in total. The molecule has 2 N–H and O–H groups in total. The Morgan fingerprint density at radius 2 is 2.00 bits per heavy atom. The van der Waals surface area contributed by atoms with E-state index in [0.717, 1.165) is 18.7 Å². The summed E-state index contributed by atoms with van der Waals surface area (Å²) in [5.74, 6) is 0.527. The largest absolute Gasteiger partial charge is 0.324 e. The molecule has 114 valence electrons. The van der Waals surface area contributed by atoms with Gasteiger partial charge >= 0.3 is 0 Å². The van der Waals surface area contributed by atoms with Crippen molar-refractivity contribution >= 4 is 23.4 Å². The normalized spacial score (nSPS) is 26.1. The van der Waals surface area contributed by atoms with E-state index >= 15 is 0 Å². The zero-order valence-electron chi connectivity index (χ0n) is 12.6. The summed E-state index contributed by atoms with van der Waals surface area (Å²) in [7, 11) is 0. The summed E-state index contributed by atoms with van der Waals surface area (Å²) in [5.41, 5.74) is 0.973. The molecule has 2 fully saturated rings. The maximum Gasteiger partial charge on any atom is 0.241 e. The van der Waals surface area contributed by atoms with Crippen molar-refractivity contribution in [3.8, 4) is 0 Å². The Morgan fingerprint density at radius 3 is 2.71 bits per heavy atom. The predicted molar refractivity (Wildman–Crippen MR) is 88.8 cm³/mol. The average Bonchev–Trinajstić information content (AvgIpc) is 3.12. The summed E-state index contributed by atoms with van der Waals surface area (Å²) in [6, 6.07) is 8.16. The number of hydrogen-bond donors (Lipinski definition) is 2. The van der Waals surface area contributed by atoms with Gasteiger partial charge in [-0.2, -0.15) is 0 Å². The van der Waals surface area contributed by atoms with Crippen molar-refractivity contribution in [2.75, 3.05) is 11.9 Å². The number of thioether (sulfide) groups is 1. The van der Waals surface area contributed by atoms with Crippen molar-refractivity contribution in [2.24, 2.45) is 5.92 Å². The number of nitrogens with one attached hydrogen (secondary N) is 2.